The molecule has 150 valence electrons. The van der Waals surface area contributed by atoms with Gasteiger partial charge in [0.2, 0.25) is 0 Å². The molecule has 0 saturated carbocycles. The van der Waals surface area contributed by atoms with Gasteiger partial charge in [-0.1, -0.05) is 11.3 Å². The van der Waals surface area contributed by atoms with Crippen molar-refractivity contribution >= 4 is 11.7 Å². The molecular formula is C21H24N6O2. The third kappa shape index (κ3) is 4.06. The quantitative estimate of drug-likeness (QED) is 0.694. The number of benzene rings is 1. The summed E-state index contributed by atoms with van der Waals surface area (Å²) in [4.78, 5) is 19.4. The molecule has 8 nitrogen and oxygen atoms in total. The Morgan fingerprint density at radius 1 is 1.21 bits per heavy atom. The number of hydrogen-bond donors (Lipinski definition) is 1. The van der Waals surface area contributed by atoms with Crippen LogP contribution in [0.15, 0.2) is 42.6 Å². The van der Waals surface area contributed by atoms with Crippen LogP contribution in [0.4, 0.5) is 5.82 Å². The third-order valence-electron chi connectivity index (χ3n) is 5.10. The Morgan fingerprint density at radius 2 is 2.03 bits per heavy atom. The van der Waals surface area contributed by atoms with Gasteiger partial charge < -0.3 is 15.0 Å². The van der Waals surface area contributed by atoms with Gasteiger partial charge in [0.25, 0.3) is 5.91 Å². The van der Waals surface area contributed by atoms with Crippen molar-refractivity contribution in [2.24, 2.45) is 0 Å². The van der Waals surface area contributed by atoms with E-state index in [-0.39, 0.29) is 5.91 Å². The molecule has 1 fully saturated rings. The van der Waals surface area contributed by atoms with Crippen LogP contribution in [0, 0.1) is 6.92 Å². The van der Waals surface area contributed by atoms with E-state index in [1.807, 2.05) is 43.3 Å². The maximum absolute atomic E-state index is 12.7. The van der Waals surface area contributed by atoms with E-state index in [2.05, 4.69) is 25.5 Å². The molecular weight excluding hydrogens is 368 g/mol. The maximum atomic E-state index is 12.7. The molecule has 1 N–H and O–H groups in total. The lowest BCUT2D eigenvalue weighted by Gasteiger charge is -2.16. The van der Waals surface area contributed by atoms with Crippen molar-refractivity contribution in [2.45, 2.75) is 26.3 Å². The highest BCUT2D eigenvalue weighted by Gasteiger charge is 2.18. The van der Waals surface area contributed by atoms with E-state index in [1.54, 1.807) is 18.0 Å². The lowest BCUT2D eigenvalue weighted by atomic mass is 10.2. The molecule has 0 spiro atoms. The lowest BCUT2D eigenvalue weighted by molar-refractivity contribution is 0.0945. The predicted molar refractivity (Wildman–Crippen MR) is 110 cm³/mol. The van der Waals surface area contributed by atoms with Crippen LogP contribution < -0.4 is 15.0 Å². The Morgan fingerprint density at radius 3 is 2.83 bits per heavy atom. The standard InChI is InChI=1S/C21H24N6O2/c1-15-20(24-25-27(15)17-6-5-7-18(13-17)29-2)21(28)23-14-16-8-9-22-19(12-16)26-10-3-4-11-26/h5-9,12-13H,3-4,10-11,14H2,1-2H3,(H,23,28). The first-order valence-electron chi connectivity index (χ1n) is 9.70. The van der Waals surface area contributed by atoms with Crippen molar-refractivity contribution in [3.8, 4) is 11.4 Å². The van der Waals surface area contributed by atoms with Gasteiger partial charge >= 0.3 is 0 Å². The van der Waals surface area contributed by atoms with Crippen LogP contribution in [0.1, 0.15) is 34.6 Å². The van der Waals surface area contributed by atoms with E-state index in [9.17, 15) is 4.79 Å². The first-order valence-corrected chi connectivity index (χ1v) is 9.70. The van der Waals surface area contributed by atoms with Crippen LogP contribution in [-0.2, 0) is 6.54 Å². The molecule has 1 amide bonds. The van der Waals surface area contributed by atoms with Gasteiger partial charge in [-0.05, 0) is 49.6 Å². The molecule has 0 aliphatic carbocycles. The van der Waals surface area contributed by atoms with E-state index in [1.165, 1.54) is 12.8 Å². The number of carbonyl (C=O) groups excluding carboxylic acids is 1. The topological polar surface area (TPSA) is 85.2 Å². The summed E-state index contributed by atoms with van der Waals surface area (Å²) in [6, 6.07) is 11.4. The van der Waals surface area contributed by atoms with Crippen LogP contribution in [0.5, 0.6) is 5.75 Å². The molecule has 8 heteroatoms. The van der Waals surface area contributed by atoms with Gasteiger partial charge in [0.15, 0.2) is 5.69 Å². The summed E-state index contributed by atoms with van der Waals surface area (Å²) in [5, 5.41) is 11.2. The van der Waals surface area contributed by atoms with Gasteiger partial charge in [-0.2, -0.15) is 0 Å². The minimum absolute atomic E-state index is 0.254. The second-order valence-electron chi connectivity index (χ2n) is 7.04. The largest absolute Gasteiger partial charge is 0.497 e. The van der Waals surface area contributed by atoms with Gasteiger partial charge in [-0.15, -0.1) is 5.10 Å². The Bertz CT molecular complexity index is 1010. The van der Waals surface area contributed by atoms with Crippen LogP contribution in [0.25, 0.3) is 5.69 Å². The molecule has 2 aromatic heterocycles. The first-order chi connectivity index (χ1) is 14.2. The Labute approximate surface area is 169 Å². The van der Waals surface area contributed by atoms with Crippen LogP contribution in [-0.4, -0.2) is 46.1 Å². The summed E-state index contributed by atoms with van der Waals surface area (Å²) in [6.07, 6.45) is 4.19. The van der Waals surface area contributed by atoms with E-state index in [0.29, 0.717) is 17.9 Å². The van der Waals surface area contributed by atoms with Crippen LogP contribution in [0.3, 0.4) is 0 Å². The number of amides is 1. The minimum Gasteiger partial charge on any atom is -0.497 e. The second kappa shape index (κ2) is 8.30. The molecule has 0 radical (unpaired) electrons. The molecule has 1 aliphatic heterocycles. The zero-order chi connectivity index (χ0) is 20.2. The highest BCUT2D eigenvalue weighted by molar-refractivity contribution is 5.93. The average molecular weight is 392 g/mol. The zero-order valence-corrected chi connectivity index (χ0v) is 16.6. The first kappa shape index (κ1) is 18.9. The number of anilines is 1. The Kier molecular flexibility index (Phi) is 5.41. The molecule has 4 rings (SSSR count). The number of hydrogen-bond acceptors (Lipinski definition) is 6. The fourth-order valence-electron chi connectivity index (χ4n) is 3.48. The van der Waals surface area contributed by atoms with Gasteiger partial charge in [0.05, 0.1) is 18.5 Å². The van der Waals surface area contributed by atoms with E-state index >= 15 is 0 Å². The van der Waals surface area contributed by atoms with Gasteiger partial charge in [-0.25, -0.2) is 9.67 Å². The fourth-order valence-corrected chi connectivity index (χ4v) is 3.48. The summed E-state index contributed by atoms with van der Waals surface area (Å²) in [6.45, 7) is 4.31. The monoisotopic (exact) mass is 392 g/mol. The van der Waals surface area contributed by atoms with Crippen molar-refractivity contribution in [2.75, 3.05) is 25.1 Å². The number of methoxy groups -OCH3 is 1. The maximum Gasteiger partial charge on any atom is 0.274 e. The zero-order valence-electron chi connectivity index (χ0n) is 16.6. The summed E-state index contributed by atoms with van der Waals surface area (Å²) >= 11 is 0. The normalized spacial score (nSPS) is 13.5. The molecule has 29 heavy (non-hydrogen) atoms. The molecule has 0 bridgehead atoms. The van der Waals surface area contributed by atoms with Crippen LogP contribution >= 0.6 is 0 Å². The van der Waals surface area contributed by atoms with Crippen molar-refractivity contribution in [3.05, 3.63) is 59.5 Å². The average Bonchev–Trinajstić information content (AvgIpc) is 3.42. The van der Waals surface area contributed by atoms with Crippen molar-refractivity contribution in [3.63, 3.8) is 0 Å². The molecule has 1 aromatic carbocycles. The van der Waals surface area contributed by atoms with Gasteiger partial charge in [0, 0.05) is 31.9 Å². The van der Waals surface area contributed by atoms with Crippen molar-refractivity contribution in [1.29, 1.82) is 0 Å². The Balaban J connectivity index is 1.45. The van der Waals surface area contributed by atoms with Gasteiger partial charge in [-0.3, -0.25) is 4.79 Å². The molecule has 0 unspecified atom stereocenters. The number of aromatic nitrogens is 4. The smallest absolute Gasteiger partial charge is 0.274 e. The van der Waals surface area contributed by atoms with Crippen molar-refractivity contribution in [1.82, 2.24) is 25.3 Å². The lowest BCUT2D eigenvalue weighted by Crippen LogP contribution is -2.24. The summed E-state index contributed by atoms with van der Waals surface area (Å²) in [5.74, 6) is 1.43. The number of nitrogens with zero attached hydrogens (tertiary/aromatic N) is 5. The molecule has 3 aromatic rings. The number of nitrogens with one attached hydrogen (secondary N) is 1. The van der Waals surface area contributed by atoms with E-state index in [0.717, 1.165) is 35.9 Å². The summed E-state index contributed by atoms with van der Waals surface area (Å²) in [5.41, 5.74) is 2.77. The molecule has 1 saturated heterocycles. The second-order valence-corrected chi connectivity index (χ2v) is 7.04. The summed E-state index contributed by atoms with van der Waals surface area (Å²) < 4.78 is 6.89. The predicted octanol–water partition coefficient (Wildman–Crippen LogP) is 2.51. The van der Waals surface area contributed by atoms with Crippen LogP contribution in [0.2, 0.25) is 0 Å². The molecule has 3 heterocycles. The Hall–Kier alpha value is -3.42. The minimum atomic E-state index is -0.254. The highest BCUT2D eigenvalue weighted by Crippen LogP contribution is 2.19. The number of ether oxygens (including phenoxy) is 1. The molecule has 0 atom stereocenters. The fraction of sp³-hybridized carbons (Fsp3) is 0.333. The highest BCUT2D eigenvalue weighted by atomic mass is 16.5. The van der Waals surface area contributed by atoms with E-state index in [4.69, 9.17) is 4.74 Å². The summed E-state index contributed by atoms with van der Waals surface area (Å²) in [7, 11) is 1.61. The van der Waals surface area contributed by atoms with E-state index < -0.39 is 0 Å². The SMILES string of the molecule is COc1cccc(-n2nnc(C(=O)NCc3ccnc(N4CCCC4)c3)c2C)c1. The number of rotatable bonds is 6. The third-order valence-corrected chi connectivity index (χ3v) is 5.10. The number of pyridine rings is 1. The number of carbonyl (C=O) groups is 1. The van der Waals surface area contributed by atoms with Gasteiger partial charge in [0.1, 0.15) is 11.6 Å². The van der Waals surface area contributed by atoms with Crippen molar-refractivity contribution < 1.29 is 9.53 Å². The molecule has 1 aliphatic rings.